The van der Waals surface area contributed by atoms with E-state index >= 15 is 0 Å². The first-order valence-corrected chi connectivity index (χ1v) is 11.7. The normalized spacial score (nSPS) is 16.1. The Bertz CT molecular complexity index is 991. The number of carbonyl (C=O) groups excluding carboxylic acids is 1. The summed E-state index contributed by atoms with van der Waals surface area (Å²) < 4.78 is 3.53. The van der Waals surface area contributed by atoms with Crippen molar-refractivity contribution in [2.45, 2.75) is 50.5 Å². The monoisotopic (exact) mass is 421 g/mol. The molecule has 0 aliphatic carbocycles. The zero-order chi connectivity index (χ0) is 20.9. The standard InChI is InChI=1S/C25H31N3OS/c1-18-13-16-28(17-14-18)25(29)23(11-10-20-7-4-3-6-19(20)2)27-30-24-9-5-8-22-21(24)12-15-26-22/h3-9,12,15,18,23,26-27H,10-11,13-14,16-17H2,1-2H3. The summed E-state index contributed by atoms with van der Waals surface area (Å²) in [7, 11) is 0. The van der Waals surface area contributed by atoms with Crippen LogP contribution in [0.3, 0.4) is 0 Å². The number of hydrogen-bond acceptors (Lipinski definition) is 3. The van der Waals surface area contributed by atoms with Gasteiger partial charge in [0.1, 0.15) is 0 Å². The SMILES string of the molecule is Cc1ccccc1CCC(NSc1cccc2[nH]ccc12)C(=O)N1CCC(C)CC1. The van der Waals surface area contributed by atoms with Gasteiger partial charge in [0.2, 0.25) is 5.91 Å². The van der Waals surface area contributed by atoms with Crippen molar-refractivity contribution < 1.29 is 4.79 Å². The molecule has 1 fully saturated rings. The van der Waals surface area contributed by atoms with Gasteiger partial charge in [-0.15, -0.1) is 0 Å². The Hall–Kier alpha value is -2.24. The lowest BCUT2D eigenvalue weighted by atomic mass is 9.97. The van der Waals surface area contributed by atoms with E-state index in [1.807, 2.05) is 6.20 Å². The molecule has 1 aliphatic heterocycles. The number of likely N-dealkylation sites (tertiary alicyclic amines) is 1. The van der Waals surface area contributed by atoms with Crippen LogP contribution in [0, 0.1) is 12.8 Å². The van der Waals surface area contributed by atoms with E-state index in [-0.39, 0.29) is 11.9 Å². The minimum absolute atomic E-state index is 0.197. The molecule has 2 heterocycles. The maximum absolute atomic E-state index is 13.4. The number of nitrogens with zero attached hydrogens (tertiary/aromatic N) is 1. The number of piperidine rings is 1. The number of fused-ring (bicyclic) bond motifs is 1. The lowest BCUT2D eigenvalue weighted by Gasteiger charge is -2.33. The molecule has 2 N–H and O–H groups in total. The van der Waals surface area contributed by atoms with E-state index in [1.165, 1.54) is 16.5 Å². The van der Waals surface area contributed by atoms with Gasteiger partial charge in [0, 0.05) is 35.1 Å². The Balaban J connectivity index is 1.48. The van der Waals surface area contributed by atoms with Crippen LogP contribution < -0.4 is 4.72 Å². The van der Waals surface area contributed by atoms with E-state index in [1.54, 1.807) is 11.9 Å². The van der Waals surface area contributed by atoms with Crippen LogP contribution in [0.25, 0.3) is 10.9 Å². The Morgan fingerprint density at radius 2 is 1.97 bits per heavy atom. The Labute approximate surface area is 183 Å². The quantitative estimate of drug-likeness (QED) is 0.507. The molecule has 30 heavy (non-hydrogen) atoms. The number of aromatic nitrogens is 1. The molecule has 1 amide bonds. The van der Waals surface area contributed by atoms with Gasteiger partial charge in [-0.05, 0) is 79.8 Å². The summed E-state index contributed by atoms with van der Waals surface area (Å²) in [6.07, 6.45) is 5.86. The highest BCUT2D eigenvalue weighted by atomic mass is 32.2. The average molecular weight is 422 g/mol. The first-order valence-electron chi connectivity index (χ1n) is 10.9. The molecule has 1 aromatic heterocycles. The van der Waals surface area contributed by atoms with Gasteiger partial charge < -0.3 is 9.88 Å². The molecule has 0 bridgehead atoms. The number of benzene rings is 2. The molecule has 1 saturated heterocycles. The Kier molecular flexibility index (Phi) is 6.80. The number of rotatable bonds is 7. The fourth-order valence-corrected chi connectivity index (χ4v) is 5.08. The molecule has 1 aliphatic rings. The molecule has 2 aromatic carbocycles. The molecule has 0 spiro atoms. The van der Waals surface area contributed by atoms with E-state index < -0.39 is 0 Å². The van der Waals surface area contributed by atoms with Gasteiger partial charge in [0.05, 0.1) is 6.04 Å². The van der Waals surface area contributed by atoms with Crippen LogP contribution in [0.4, 0.5) is 0 Å². The second-order valence-corrected chi connectivity index (χ2v) is 9.32. The van der Waals surface area contributed by atoms with Crippen molar-refractivity contribution in [3.8, 4) is 0 Å². The third-order valence-electron chi connectivity index (χ3n) is 6.22. The summed E-state index contributed by atoms with van der Waals surface area (Å²) in [6.45, 7) is 6.18. The molecule has 0 radical (unpaired) electrons. The number of H-pyrrole nitrogens is 1. The number of aromatic amines is 1. The van der Waals surface area contributed by atoms with Crippen molar-refractivity contribution in [3.63, 3.8) is 0 Å². The molecular weight excluding hydrogens is 390 g/mol. The summed E-state index contributed by atoms with van der Waals surface area (Å²) in [4.78, 5) is 19.9. The first-order chi connectivity index (χ1) is 14.6. The number of aryl methyl sites for hydroxylation is 2. The van der Waals surface area contributed by atoms with E-state index in [9.17, 15) is 4.79 Å². The van der Waals surface area contributed by atoms with E-state index in [0.717, 1.165) is 49.2 Å². The summed E-state index contributed by atoms with van der Waals surface area (Å²) in [5.41, 5.74) is 3.73. The summed E-state index contributed by atoms with van der Waals surface area (Å²) in [5.74, 6) is 0.956. The van der Waals surface area contributed by atoms with Crippen LogP contribution in [0.2, 0.25) is 0 Å². The average Bonchev–Trinajstić information content (AvgIpc) is 3.24. The highest BCUT2D eigenvalue weighted by Gasteiger charge is 2.27. The molecule has 4 nitrogen and oxygen atoms in total. The van der Waals surface area contributed by atoms with E-state index in [0.29, 0.717) is 5.92 Å². The predicted molar refractivity (Wildman–Crippen MR) is 126 cm³/mol. The van der Waals surface area contributed by atoms with Gasteiger partial charge >= 0.3 is 0 Å². The van der Waals surface area contributed by atoms with Gasteiger partial charge in [0.15, 0.2) is 0 Å². The molecular formula is C25H31N3OS. The fourth-order valence-electron chi connectivity index (χ4n) is 4.15. The number of carbonyl (C=O) groups is 1. The maximum atomic E-state index is 13.4. The highest BCUT2D eigenvalue weighted by Crippen LogP contribution is 2.27. The summed E-state index contributed by atoms with van der Waals surface area (Å²) >= 11 is 1.58. The van der Waals surface area contributed by atoms with Gasteiger partial charge in [-0.2, -0.15) is 0 Å². The molecule has 4 rings (SSSR count). The molecule has 1 unspecified atom stereocenters. The van der Waals surface area contributed by atoms with Gasteiger partial charge in [-0.3, -0.25) is 4.79 Å². The minimum Gasteiger partial charge on any atom is -0.361 e. The third kappa shape index (κ3) is 4.90. The predicted octanol–water partition coefficient (Wildman–Crippen LogP) is 5.33. The third-order valence-corrected chi connectivity index (χ3v) is 7.20. The fraction of sp³-hybridized carbons (Fsp3) is 0.400. The van der Waals surface area contributed by atoms with Gasteiger partial charge in [0.25, 0.3) is 0 Å². The van der Waals surface area contributed by atoms with E-state index in [4.69, 9.17) is 0 Å². The summed E-state index contributed by atoms with van der Waals surface area (Å²) in [6, 6.07) is 16.6. The Morgan fingerprint density at radius 1 is 1.17 bits per heavy atom. The number of nitrogens with one attached hydrogen (secondary N) is 2. The molecule has 3 aromatic rings. The maximum Gasteiger partial charge on any atom is 0.240 e. The lowest BCUT2D eigenvalue weighted by molar-refractivity contribution is -0.134. The van der Waals surface area contributed by atoms with Crippen LogP contribution >= 0.6 is 11.9 Å². The molecule has 0 saturated carbocycles. The minimum atomic E-state index is -0.197. The van der Waals surface area contributed by atoms with E-state index in [2.05, 4.69) is 77.0 Å². The lowest BCUT2D eigenvalue weighted by Crippen LogP contribution is -2.47. The Morgan fingerprint density at radius 3 is 2.77 bits per heavy atom. The highest BCUT2D eigenvalue weighted by molar-refractivity contribution is 7.97. The second kappa shape index (κ2) is 9.71. The topological polar surface area (TPSA) is 48.1 Å². The van der Waals surface area contributed by atoms with Crippen LogP contribution in [0.1, 0.15) is 37.3 Å². The van der Waals surface area contributed by atoms with Crippen molar-refractivity contribution in [1.82, 2.24) is 14.6 Å². The van der Waals surface area contributed by atoms with Crippen molar-refractivity contribution in [1.29, 1.82) is 0 Å². The molecule has 5 heteroatoms. The van der Waals surface area contributed by atoms with Crippen LogP contribution in [-0.4, -0.2) is 34.9 Å². The zero-order valence-electron chi connectivity index (χ0n) is 17.9. The summed E-state index contributed by atoms with van der Waals surface area (Å²) in [5, 5.41) is 1.19. The van der Waals surface area contributed by atoms with Crippen molar-refractivity contribution in [3.05, 3.63) is 65.9 Å². The van der Waals surface area contributed by atoms with Crippen molar-refractivity contribution in [2.24, 2.45) is 5.92 Å². The number of amides is 1. The van der Waals surface area contributed by atoms with Crippen molar-refractivity contribution in [2.75, 3.05) is 13.1 Å². The van der Waals surface area contributed by atoms with Crippen LogP contribution in [-0.2, 0) is 11.2 Å². The van der Waals surface area contributed by atoms with Crippen LogP contribution in [0.15, 0.2) is 59.6 Å². The zero-order valence-corrected chi connectivity index (χ0v) is 18.7. The molecule has 158 valence electrons. The molecule has 1 atom stereocenters. The van der Waals surface area contributed by atoms with Gasteiger partial charge in [-0.25, -0.2) is 4.72 Å². The van der Waals surface area contributed by atoms with Gasteiger partial charge in [-0.1, -0.05) is 37.3 Å². The van der Waals surface area contributed by atoms with Crippen LogP contribution in [0.5, 0.6) is 0 Å². The first kappa shape index (κ1) is 21.0. The van der Waals surface area contributed by atoms with Crippen molar-refractivity contribution >= 4 is 28.8 Å². The largest absolute Gasteiger partial charge is 0.361 e. The number of hydrogen-bond donors (Lipinski definition) is 2. The second-order valence-electron chi connectivity index (χ2n) is 8.44. The smallest absolute Gasteiger partial charge is 0.240 e.